The fourth-order valence-corrected chi connectivity index (χ4v) is 2.45. The first-order valence-corrected chi connectivity index (χ1v) is 6.09. The fourth-order valence-electron chi connectivity index (χ4n) is 2.45. The van der Waals surface area contributed by atoms with Gasteiger partial charge in [0.05, 0.1) is 0 Å². The van der Waals surface area contributed by atoms with E-state index in [1.54, 1.807) is 0 Å². The lowest BCUT2D eigenvalue weighted by atomic mass is 9.82. The summed E-state index contributed by atoms with van der Waals surface area (Å²) in [4.78, 5) is 0. The van der Waals surface area contributed by atoms with Gasteiger partial charge in [0.25, 0.3) is 0 Å². The highest BCUT2D eigenvalue weighted by Gasteiger charge is 2.19. The summed E-state index contributed by atoms with van der Waals surface area (Å²) >= 11 is 0. The van der Waals surface area contributed by atoms with Gasteiger partial charge in [-0.1, -0.05) is 31.2 Å². The highest BCUT2D eigenvalue weighted by molar-refractivity contribution is 5.25. The molecule has 0 aromatic heterocycles. The summed E-state index contributed by atoms with van der Waals surface area (Å²) in [5, 5.41) is 0. The number of rotatable bonds is 2. The van der Waals surface area contributed by atoms with E-state index in [9.17, 15) is 0 Å². The van der Waals surface area contributed by atoms with Crippen molar-refractivity contribution in [3.05, 3.63) is 35.4 Å². The van der Waals surface area contributed by atoms with Gasteiger partial charge < -0.3 is 0 Å². The van der Waals surface area contributed by atoms with E-state index in [0.29, 0.717) is 0 Å². The van der Waals surface area contributed by atoms with Gasteiger partial charge in [-0.3, -0.25) is 5.73 Å². The number of hydrogen-bond donors (Lipinski definition) is 0. The molecule has 1 aromatic carbocycles. The van der Waals surface area contributed by atoms with Crippen LogP contribution in [0.15, 0.2) is 24.3 Å². The summed E-state index contributed by atoms with van der Waals surface area (Å²) in [7, 11) is 0. The molecule has 0 amide bonds. The van der Waals surface area contributed by atoms with Gasteiger partial charge in [-0.2, -0.15) is 0 Å². The Morgan fingerprint density at radius 2 is 1.67 bits per heavy atom. The van der Waals surface area contributed by atoms with E-state index >= 15 is 0 Å². The van der Waals surface area contributed by atoms with Crippen LogP contribution in [0.1, 0.15) is 49.7 Å². The van der Waals surface area contributed by atoms with Crippen LogP contribution in [0.5, 0.6) is 0 Å². The normalized spacial score (nSPS) is 26.5. The molecule has 1 saturated carbocycles. The largest absolute Gasteiger partial charge is 0.255 e. The van der Waals surface area contributed by atoms with Crippen LogP contribution in [-0.2, 0) is 6.42 Å². The maximum absolute atomic E-state index is 7.69. The zero-order chi connectivity index (χ0) is 10.7. The zero-order valence-electron chi connectivity index (χ0n) is 9.50. The van der Waals surface area contributed by atoms with Crippen molar-refractivity contribution in [2.75, 3.05) is 0 Å². The van der Waals surface area contributed by atoms with E-state index < -0.39 is 0 Å². The molecule has 1 N–H and O–H groups in total. The van der Waals surface area contributed by atoms with Gasteiger partial charge in [0.2, 0.25) is 0 Å². The molecular weight excluding hydrogens is 182 g/mol. The average molecular weight is 202 g/mol. The van der Waals surface area contributed by atoms with Gasteiger partial charge in [-0.15, -0.1) is 0 Å². The van der Waals surface area contributed by atoms with Crippen molar-refractivity contribution in [1.82, 2.24) is 5.73 Å². The Balaban J connectivity index is 2.03. The molecule has 1 radical (unpaired) electrons. The van der Waals surface area contributed by atoms with E-state index in [1.807, 2.05) is 0 Å². The highest BCUT2D eigenvalue weighted by atomic mass is 14.6. The topological polar surface area (TPSA) is 23.8 Å². The standard InChI is InChI=1S/C14H20N/c1-2-11-3-5-12(6-4-11)13-7-9-14(15)10-8-13/h3-6,13-15H,2,7-10H2,1H3. The molecule has 81 valence electrons. The van der Waals surface area contributed by atoms with Crippen LogP contribution >= 0.6 is 0 Å². The van der Waals surface area contributed by atoms with E-state index in [4.69, 9.17) is 5.73 Å². The second-order valence-corrected chi connectivity index (χ2v) is 4.64. The van der Waals surface area contributed by atoms with Crippen molar-refractivity contribution in [3.63, 3.8) is 0 Å². The van der Waals surface area contributed by atoms with E-state index in [1.165, 1.54) is 24.0 Å². The fraction of sp³-hybridized carbons (Fsp3) is 0.571. The predicted octanol–water partition coefficient (Wildman–Crippen LogP) is 3.56. The molecule has 0 unspecified atom stereocenters. The lowest BCUT2D eigenvalue weighted by Crippen LogP contribution is -2.18. The Bertz CT molecular complexity index is 294. The molecule has 1 aliphatic rings. The zero-order valence-corrected chi connectivity index (χ0v) is 9.50. The molecule has 1 aliphatic carbocycles. The molecule has 0 spiro atoms. The molecule has 1 aromatic rings. The maximum atomic E-state index is 7.69. The minimum absolute atomic E-state index is 0.205. The van der Waals surface area contributed by atoms with Crippen molar-refractivity contribution in [2.24, 2.45) is 0 Å². The molecule has 1 heteroatoms. The summed E-state index contributed by atoms with van der Waals surface area (Å²) in [6.45, 7) is 2.19. The van der Waals surface area contributed by atoms with Crippen LogP contribution in [0.4, 0.5) is 0 Å². The van der Waals surface area contributed by atoms with E-state index in [2.05, 4.69) is 31.2 Å². The lowest BCUT2D eigenvalue weighted by Gasteiger charge is -2.25. The smallest absolute Gasteiger partial charge is 0.0213 e. The Kier molecular flexibility index (Phi) is 3.42. The average Bonchev–Trinajstić information content (AvgIpc) is 2.30. The minimum atomic E-state index is 0.205. The van der Waals surface area contributed by atoms with E-state index in [0.717, 1.165) is 25.2 Å². The summed E-state index contributed by atoms with van der Waals surface area (Å²) in [5.74, 6) is 0.720. The van der Waals surface area contributed by atoms with Crippen molar-refractivity contribution < 1.29 is 0 Å². The summed E-state index contributed by atoms with van der Waals surface area (Å²) in [5.41, 5.74) is 10.6. The number of nitrogens with one attached hydrogen (secondary N) is 1. The SMILES string of the molecule is CCc1ccc(C2CCC([NH])CC2)cc1. The third kappa shape index (κ3) is 2.60. The first-order valence-electron chi connectivity index (χ1n) is 6.09. The molecule has 15 heavy (non-hydrogen) atoms. The van der Waals surface area contributed by atoms with Crippen LogP contribution < -0.4 is 5.73 Å². The third-order valence-corrected chi connectivity index (χ3v) is 3.59. The van der Waals surface area contributed by atoms with Gasteiger partial charge in [0.1, 0.15) is 0 Å². The molecule has 0 bridgehead atoms. The van der Waals surface area contributed by atoms with Crippen LogP contribution in [0.3, 0.4) is 0 Å². The first kappa shape index (κ1) is 10.7. The Hall–Kier alpha value is -0.820. The number of aryl methyl sites for hydroxylation is 1. The second kappa shape index (κ2) is 4.80. The summed E-state index contributed by atoms with van der Waals surface area (Å²) in [6, 6.07) is 9.28. The van der Waals surface area contributed by atoms with Crippen molar-refractivity contribution in [1.29, 1.82) is 0 Å². The first-order chi connectivity index (χ1) is 7.29. The molecule has 1 fully saturated rings. The summed E-state index contributed by atoms with van der Waals surface area (Å²) < 4.78 is 0. The quantitative estimate of drug-likeness (QED) is 0.700. The molecule has 0 aliphatic heterocycles. The van der Waals surface area contributed by atoms with Crippen LogP contribution in [0.2, 0.25) is 0 Å². The van der Waals surface area contributed by atoms with Gasteiger partial charge >= 0.3 is 0 Å². The van der Waals surface area contributed by atoms with Crippen LogP contribution in [0, 0.1) is 0 Å². The van der Waals surface area contributed by atoms with Gasteiger partial charge in [-0.05, 0) is 49.1 Å². The van der Waals surface area contributed by atoms with Gasteiger partial charge in [0, 0.05) is 6.04 Å². The van der Waals surface area contributed by atoms with Crippen LogP contribution in [0.25, 0.3) is 0 Å². The number of benzene rings is 1. The van der Waals surface area contributed by atoms with Gasteiger partial charge in [0.15, 0.2) is 0 Å². The van der Waals surface area contributed by atoms with Gasteiger partial charge in [-0.25, -0.2) is 0 Å². The molecule has 2 rings (SSSR count). The third-order valence-electron chi connectivity index (χ3n) is 3.59. The van der Waals surface area contributed by atoms with Crippen molar-refractivity contribution in [3.8, 4) is 0 Å². The molecule has 0 saturated heterocycles. The number of hydrogen-bond acceptors (Lipinski definition) is 0. The lowest BCUT2D eigenvalue weighted by molar-refractivity contribution is 0.388. The molecule has 1 nitrogen and oxygen atoms in total. The second-order valence-electron chi connectivity index (χ2n) is 4.64. The Morgan fingerprint density at radius 3 is 2.20 bits per heavy atom. The predicted molar refractivity (Wildman–Crippen MR) is 63.9 cm³/mol. The highest BCUT2D eigenvalue weighted by Crippen LogP contribution is 2.32. The van der Waals surface area contributed by atoms with Crippen LogP contribution in [-0.4, -0.2) is 6.04 Å². The molecule has 0 atom stereocenters. The monoisotopic (exact) mass is 202 g/mol. The molecular formula is C14H20N. The Labute approximate surface area is 92.7 Å². The summed E-state index contributed by atoms with van der Waals surface area (Å²) in [6.07, 6.45) is 5.71. The minimum Gasteiger partial charge on any atom is -0.255 e. The Morgan fingerprint density at radius 1 is 1.07 bits per heavy atom. The van der Waals surface area contributed by atoms with Crippen molar-refractivity contribution >= 4 is 0 Å². The maximum Gasteiger partial charge on any atom is 0.0213 e. The van der Waals surface area contributed by atoms with E-state index in [-0.39, 0.29) is 6.04 Å². The molecule has 0 heterocycles. The van der Waals surface area contributed by atoms with Crippen molar-refractivity contribution in [2.45, 2.75) is 51.0 Å².